The van der Waals surface area contributed by atoms with Gasteiger partial charge < -0.3 is 0 Å². The molecule has 0 heterocycles. The van der Waals surface area contributed by atoms with Gasteiger partial charge in [0, 0.05) is 5.57 Å². The van der Waals surface area contributed by atoms with Crippen molar-refractivity contribution in [1.82, 2.24) is 0 Å². The van der Waals surface area contributed by atoms with Gasteiger partial charge in [-0.15, -0.1) is 0 Å². The predicted molar refractivity (Wildman–Crippen MR) is 71.6 cm³/mol. The van der Waals surface area contributed by atoms with Gasteiger partial charge >= 0.3 is 0 Å². The Morgan fingerprint density at radius 3 is 1.62 bits per heavy atom. The maximum Gasteiger partial charge on any atom is 0.115 e. The summed E-state index contributed by atoms with van der Waals surface area (Å²) in [5, 5.41) is 0. The van der Waals surface area contributed by atoms with E-state index in [1.807, 2.05) is 0 Å². The molecular weight excluding hydrogens is 239 g/mol. The number of hydrogen-bond acceptors (Lipinski definition) is 0. The minimum absolute atomic E-state index is 0.357. The maximum absolute atomic E-state index is 6.01. The van der Waals surface area contributed by atoms with Gasteiger partial charge in [0.25, 0.3) is 0 Å². The van der Waals surface area contributed by atoms with Gasteiger partial charge in [0.1, 0.15) is 4.49 Å². The monoisotopic (exact) mass is 252 g/mol. The zero-order valence-corrected chi connectivity index (χ0v) is 10.6. The van der Waals surface area contributed by atoms with Crippen LogP contribution in [0.15, 0.2) is 57.7 Å². The van der Waals surface area contributed by atoms with Gasteiger partial charge in [-0.1, -0.05) is 59.7 Å². The number of rotatable bonds is 2. The van der Waals surface area contributed by atoms with Crippen molar-refractivity contribution >= 4 is 23.2 Å². The molecular formula is C14H14Cl2. The Morgan fingerprint density at radius 1 is 0.812 bits per heavy atom. The second-order valence-electron chi connectivity index (χ2n) is 3.91. The molecule has 2 aliphatic carbocycles. The highest BCUT2D eigenvalue weighted by Crippen LogP contribution is 2.33. The lowest BCUT2D eigenvalue weighted by Crippen LogP contribution is -1.97. The van der Waals surface area contributed by atoms with Crippen molar-refractivity contribution in [3.63, 3.8) is 0 Å². The first-order valence-electron chi connectivity index (χ1n) is 5.58. The average Bonchev–Trinajstić information content (AvgIpc) is 2.31. The van der Waals surface area contributed by atoms with Gasteiger partial charge in [-0.05, 0) is 36.8 Å². The summed E-state index contributed by atoms with van der Waals surface area (Å²) in [6.07, 6.45) is 17.3. The van der Waals surface area contributed by atoms with Crippen LogP contribution in [0, 0.1) is 0 Å². The molecule has 0 aromatic rings. The molecule has 0 amide bonds. The Bertz CT molecular complexity index is 382. The van der Waals surface area contributed by atoms with Crippen LogP contribution in [-0.2, 0) is 0 Å². The summed E-state index contributed by atoms with van der Waals surface area (Å²) in [7, 11) is 0. The first-order chi connectivity index (χ1) is 7.79. The van der Waals surface area contributed by atoms with Crippen molar-refractivity contribution in [1.29, 1.82) is 0 Å². The van der Waals surface area contributed by atoms with E-state index in [0.29, 0.717) is 4.49 Å². The third-order valence-corrected chi connectivity index (χ3v) is 3.13. The first kappa shape index (κ1) is 11.8. The van der Waals surface area contributed by atoms with Crippen LogP contribution in [0.4, 0.5) is 0 Å². The SMILES string of the molecule is ClC(Cl)=C(C1=CCCC=C1)C1=CCCC=C1. The molecule has 0 spiro atoms. The zero-order valence-electron chi connectivity index (χ0n) is 9.05. The smallest absolute Gasteiger partial charge is 0.0836 e. The van der Waals surface area contributed by atoms with Crippen molar-refractivity contribution in [2.75, 3.05) is 0 Å². The van der Waals surface area contributed by atoms with Crippen LogP contribution in [0.3, 0.4) is 0 Å². The Hall–Kier alpha value is -0.720. The molecule has 2 rings (SSSR count). The molecule has 0 atom stereocenters. The molecule has 0 fully saturated rings. The standard InChI is InChI=1S/C14H14Cl2/c15-14(16)13(11-7-3-1-4-8-11)12-9-5-2-6-10-12/h3,5,7-10H,1-2,4,6H2. The third-order valence-electron chi connectivity index (χ3n) is 2.76. The van der Waals surface area contributed by atoms with E-state index >= 15 is 0 Å². The summed E-state index contributed by atoms with van der Waals surface area (Å²) < 4.78 is 0.357. The van der Waals surface area contributed by atoms with E-state index in [-0.39, 0.29) is 0 Å². The molecule has 0 unspecified atom stereocenters. The Labute approximate surface area is 107 Å². The van der Waals surface area contributed by atoms with E-state index in [1.54, 1.807) is 0 Å². The quantitative estimate of drug-likeness (QED) is 0.632. The topological polar surface area (TPSA) is 0 Å². The van der Waals surface area contributed by atoms with Gasteiger partial charge in [0.2, 0.25) is 0 Å². The van der Waals surface area contributed by atoms with Crippen LogP contribution in [0.25, 0.3) is 0 Å². The van der Waals surface area contributed by atoms with Gasteiger partial charge in [0.15, 0.2) is 0 Å². The number of halogens is 2. The molecule has 2 aliphatic rings. The fourth-order valence-corrected chi connectivity index (χ4v) is 2.42. The fraction of sp³-hybridized carbons (Fsp3) is 0.286. The van der Waals surface area contributed by atoms with Crippen molar-refractivity contribution < 1.29 is 0 Å². The van der Waals surface area contributed by atoms with Crippen molar-refractivity contribution in [3.05, 3.63) is 57.7 Å². The zero-order chi connectivity index (χ0) is 11.4. The first-order valence-corrected chi connectivity index (χ1v) is 6.34. The van der Waals surface area contributed by atoms with Crippen LogP contribution in [0.5, 0.6) is 0 Å². The second kappa shape index (κ2) is 5.56. The molecule has 0 bridgehead atoms. The second-order valence-corrected chi connectivity index (χ2v) is 4.86. The van der Waals surface area contributed by atoms with Crippen molar-refractivity contribution in [2.24, 2.45) is 0 Å². The summed E-state index contributed by atoms with van der Waals surface area (Å²) in [5.74, 6) is 0. The van der Waals surface area contributed by atoms with Gasteiger partial charge in [-0.3, -0.25) is 0 Å². The van der Waals surface area contributed by atoms with Gasteiger partial charge in [-0.2, -0.15) is 0 Å². The molecule has 2 heteroatoms. The molecule has 0 saturated heterocycles. The Morgan fingerprint density at radius 2 is 1.31 bits per heavy atom. The highest BCUT2D eigenvalue weighted by molar-refractivity contribution is 6.56. The normalized spacial score (nSPS) is 19.1. The summed E-state index contributed by atoms with van der Waals surface area (Å²) in [6, 6.07) is 0. The van der Waals surface area contributed by atoms with Gasteiger partial charge in [-0.25, -0.2) is 0 Å². The minimum Gasteiger partial charge on any atom is -0.0836 e. The summed E-state index contributed by atoms with van der Waals surface area (Å²) in [5.41, 5.74) is 3.25. The van der Waals surface area contributed by atoms with E-state index in [9.17, 15) is 0 Å². The molecule has 0 radical (unpaired) electrons. The average molecular weight is 253 g/mol. The summed E-state index contributed by atoms with van der Waals surface area (Å²) >= 11 is 12.0. The highest BCUT2D eigenvalue weighted by atomic mass is 35.5. The van der Waals surface area contributed by atoms with Crippen molar-refractivity contribution in [3.8, 4) is 0 Å². The number of allylic oxidation sites excluding steroid dienone is 9. The number of hydrogen-bond donors (Lipinski definition) is 0. The molecule has 16 heavy (non-hydrogen) atoms. The lowest BCUT2D eigenvalue weighted by Gasteiger charge is -2.15. The van der Waals surface area contributed by atoms with E-state index in [4.69, 9.17) is 23.2 Å². The molecule has 0 aromatic heterocycles. The highest BCUT2D eigenvalue weighted by Gasteiger charge is 2.13. The predicted octanol–water partition coefficient (Wildman–Crippen LogP) is 5.23. The summed E-state index contributed by atoms with van der Waals surface area (Å²) in [6.45, 7) is 0. The molecule has 0 nitrogen and oxygen atoms in total. The molecule has 0 aromatic carbocycles. The van der Waals surface area contributed by atoms with E-state index < -0.39 is 0 Å². The molecule has 0 aliphatic heterocycles. The maximum atomic E-state index is 6.01. The lowest BCUT2D eigenvalue weighted by atomic mass is 9.92. The Balaban J connectivity index is 2.35. The molecule has 84 valence electrons. The lowest BCUT2D eigenvalue weighted by molar-refractivity contribution is 1.01. The van der Waals surface area contributed by atoms with Crippen LogP contribution in [-0.4, -0.2) is 0 Å². The molecule has 0 N–H and O–H groups in total. The largest absolute Gasteiger partial charge is 0.115 e. The van der Waals surface area contributed by atoms with E-state index in [0.717, 1.165) is 42.4 Å². The fourth-order valence-electron chi connectivity index (χ4n) is 1.98. The van der Waals surface area contributed by atoms with Crippen LogP contribution in [0.2, 0.25) is 0 Å². The van der Waals surface area contributed by atoms with E-state index in [1.165, 1.54) is 0 Å². The van der Waals surface area contributed by atoms with E-state index in [2.05, 4.69) is 36.5 Å². The van der Waals surface area contributed by atoms with Crippen LogP contribution >= 0.6 is 23.2 Å². The van der Waals surface area contributed by atoms with Crippen LogP contribution < -0.4 is 0 Å². The summed E-state index contributed by atoms with van der Waals surface area (Å²) in [4.78, 5) is 0. The third kappa shape index (κ3) is 2.69. The Kier molecular flexibility index (Phi) is 4.09. The van der Waals surface area contributed by atoms with Gasteiger partial charge in [0.05, 0.1) is 0 Å². The minimum atomic E-state index is 0.357. The van der Waals surface area contributed by atoms with Crippen LogP contribution in [0.1, 0.15) is 25.7 Å². The van der Waals surface area contributed by atoms with Crippen molar-refractivity contribution in [2.45, 2.75) is 25.7 Å². The molecule has 0 saturated carbocycles.